The molecule has 0 radical (unpaired) electrons. The van der Waals surface area contributed by atoms with Gasteiger partial charge in [0.05, 0.1) is 7.11 Å². The highest BCUT2D eigenvalue weighted by molar-refractivity contribution is 5.82. The summed E-state index contributed by atoms with van der Waals surface area (Å²) in [5.41, 5.74) is -0.448. The van der Waals surface area contributed by atoms with Gasteiger partial charge in [-0.05, 0) is 19.4 Å². The van der Waals surface area contributed by atoms with Gasteiger partial charge in [0.1, 0.15) is 5.54 Å². The molecular formula is C8H13NO2. The Kier molecular flexibility index (Phi) is 2.29. The lowest BCUT2D eigenvalue weighted by Crippen LogP contribution is -2.62. The minimum Gasteiger partial charge on any atom is -0.468 e. The third-order valence-corrected chi connectivity index (χ3v) is 2.08. The topological polar surface area (TPSA) is 38.3 Å². The highest BCUT2D eigenvalue weighted by Crippen LogP contribution is 2.24. The molecule has 62 valence electrons. The number of hydrogen-bond donors (Lipinski definition) is 1. The molecule has 1 aliphatic rings. The molecule has 1 saturated heterocycles. The van der Waals surface area contributed by atoms with Gasteiger partial charge in [-0.25, -0.2) is 0 Å². The van der Waals surface area contributed by atoms with Gasteiger partial charge in [-0.1, -0.05) is 6.08 Å². The monoisotopic (exact) mass is 155 g/mol. The number of carbonyl (C=O) groups excluding carboxylic acids is 1. The molecule has 1 fully saturated rings. The molecular weight excluding hydrogens is 142 g/mol. The van der Waals surface area contributed by atoms with Crippen molar-refractivity contribution in [3.05, 3.63) is 12.7 Å². The number of carbonyl (C=O) groups is 1. The number of hydrogen-bond acceptors (Lipinski definition) is 3. The first-order valence-corrected chi connectivity index (χ1v) is 3.69. The number of esters is 1. The summed E-state index contributed by atoms with van der Waals surface area (Å²) in [7, 11) is 1.41. The zero-order valence-corrected chi connectivity index (χ0v) is 6.72. The second-order valence-corrected chi connectivity index (χ2v) is 2.74. The lowest BCUT2D eigenvalue weighted by molar-refractivity contribution is -0.151. The second-order valence-electron chi connectivity index (χ2n) is 2.74. The summed E-state index contributed by atoms with van der Waals surface area (Å²) in [6, 6.07) is 0. The van der Waals surface area contributed by atoms with Crippen LogP contribution in [-0.4, -0.2) is 25.2 Å². The highest BCUT2D eigenvalue weighted by atomic mass is 16.5. The van der Waals surface area contributed by atoms with Crippen molar-refractivity contribution in [1.82, 2.24) is 5.32 Å². The molecule has 0 aromatic carbocycles. The molecule has 11 heavy (non-hydrogen) atoms. The number of rotatable bonds is 3. The SMILES string of the molecule is C=CC[C@@]1(C(=O)OC)CCN1. The van der Waals surface area contributed by atoms with Crippen molar-refractivity contribution in [2.45, 2.75) is 18.4 Å². The summed E-state index contributed by atoms with van der Waals surface area (Å²) in [6.45, 7) is 4.49. The molecule has 1 rings (SSSR count). The van der Waals surface area contributed by atoms with Crippen molar-refractivity contribution in [1.29, 1.82) is 0 Å². The van der Waals surface area contributed by atoms with E-state index in [-0.39, 0.29) is 5.97 Å². The Balaban J connectivity index is 2.59. The van der Waals surface area contributed by atoms with Crippen LogP contribution >= 0.6 is 0 Å². The zero-order valence-electron chi connectivity index (χ0n) is 6.72. The van der Waals surface area contributed by atoms with Crippen LogP contribution in [0.1, 0.15) is 12.8 Å². The molecule has 1 aliphatic heterocycles. The van der Waals surface area contributed by atoms with Crippen molar-refractivity contribution in [2.75, 3.05) is 13.7 Å². The number of nitrogens with one attached hydrogen (secondary N) is 1. The van der Waals surface area contributed by atoms with Gasteiger partial charge >= 0.3 is 5.97 Å². The van der Waals surface area contributed by atoms with Crippen molar-refractivity contribution in [3.63, 3.8) is 0 Å². The van der Waals surface area contributed by atoms with E-state index in [0.717, 1.165) is 13.0 Å². The fraction of sp³-hybridized carbons (Fsp3) is 0.625. The molecule has 1 heterocycles. The number of methoxy groups -OCH3 is 1. The van der Waals surface area contributed by atoms with E-state index in [9.17, 15) is 4.79 Å². The van der Waals surface area contributed by atoms with E-state index < -0.39 is 5.54 Å². The van der Waals surface area contributed by atoms with Gasteiger partial charge in [-0.15, -0.1) is 6.58 Å². The molecule has 3 heteroatoms. The average molecular weight is 155 g/mol. The van der Waals surface area contributed by atoms with Crippen molar-refractivity contribution < 1.29 is 9.53 Å². The van der Waals surface area contributed by atoms with E-state index in [0.29, 0.717) is 6.42 Å². The standard InChI is InChI=1S/C8H13NO2/c1-3-4-8(5-6-9-8)7(10)11-2/h3,9H,1,4-6H2,2H3/t8-/m0/s1. The fourth-order valence-electron chi connectivity index (χ4n) is 1.30. The van der Waals surface area contributed by atoms with Gasteiger partial charge in [0.25, 0.3) is 0 Å². The van der Waals surface area contributed by atoms with Crippen LogP contribution in [0.25, 0.3) is 0 Å². The zero-order chi connectivity index (χ0) is 8.32. The molecule has 1 atom stereocenters. The fourth-order valence-corrected chi connectivity index (χ4v) is 1.30. The van der Waals surface area contributed by atoms with E-state index in [1.165, 1.54) is 7.11 Å². The average Bonchev–Trinajstić information content (AvgIpc) is 1.95. The van der Waals surface area contributed by atoms with Crippen LogP contribution in [0.3, 0.4) is 0 Å². The molecule has 0 spiro atoms. The molecule has 0 amide bonds. The molecule has 0 aliphatic carbocycles. The number of ether oxygens (including phenoxy) is 1. The quantitative estimate of drug-likeness (QED) is 0.475. The van der Waals surface area contributed by atoms with Gasteiger partial charge < -0.3 is 10.1 Å². The first-order chi connectivity index (χ1) is 5.25. The molecule has 0 saturated carbocycles. The Morgan fingerprint density at radius 2 is 2.55 bits per heavy atom. The smallest absolute Gasteiger partial charge is 0.326 e. The first kappa shape index (κ1) is 8.27. The van der Waals surface area contributed by atoms with Gasteiger partial charge in [0.2, 0.25) is 0 Å². The van der Waals surface area contributed by atoms with E-state index in [1.807, 2.05) is 0 Å². The van der Waals surface area contributed by atoms with Crippen molar-refractivity contribution >= 4 is 5.97 Å². The molecule has 1 N–H and O–H groups in total. The molecule has 0 aromatic rings. The van der Waals surface area contributed by atoms with Crippen LogP contribution in [0.2, 0.25) is 0 Å². The summed E-state index contributed by atoms with van der Waals surface area (Å²) < 4.78 is 4.66. The Labute approximate surface area is 66.4 Å². The maximum Gasteiger partial charge on any atom is 0.326 e. The van der Waals surface area contributed by atoms with Gasteiger partial charge in [0, 0.05) is 0 Å². The van der Waals surface area contributed by atoms with E-state index in [2.05, 4.69) is 16.6 Å². The van der Waals surface area contributed by atoms with Gasteiger partial charge in [-0.3, -0.25) is 4.79 Å². The summed E-state index contributed by atoms with van der Waals surface area (Å²) in [6.07, 6.45) is 3.24. The van der Waals surface area contributed by atoms with E-state index >= 15 is 0 Å². The summed E-state index contributed by atoms with van der Waals surface area (Å²) in [4.78, 5) is 11.2. The van der Waals surface area contributed by atoms with Crippen molar-refractivity contribution in [3.8, 4) is 0 Å². The predicted octanol–water partition coefficient (Wildman–Crippen LogP) is 0.468. The maximum atomic E-state index is 11.2. The van der Waals surface area contributed by atoms with Crippen LogP contribution in [0.15, 0.2) is 12.7 Å². The summed E-state index contributed by atoms with van der Waals surface area (Å²) >= 11 is 0. The van der Waals surface area contributed by atoms with Crippen LogP contribution in [-0.2, 0) is 9.53 Å². The molecule has 0 bridgehead atoms. The highest BCUT2D eigenvalue weighted by Gasteiger charge is 2.43. The lowest BCUT2D eigenvalue weighted by atomic mass is 9.85. The lowest BCUT2D eigenvalue weighted by Gasteiger charge is -2.39. The summed E-state index contributed by atoms with van der Waals surface area (Å²) in [5, 5.41) is 3.06. The first-order valence-electron chi connectivity index (χ1n) is 3.69. The van der Waals surface area contributed by atoms with Crippen molar-refractivity contribution in [2.24, 2.45) is 0 Å². The second kappa shape index (κ2) is 3.05. The van der Waals surface area contributed by atoms with Gasteiger partial charge in [-0.2, -0.15) is 0 Å². The molecule has 0 unspecified atom stereocenters. The maximum absolute atomic E-state index is 11.2. The van der Waals surface area contributed by atoms with E-state index in [1.54, 1.807) is 6.08 Å². The molecule has 3 nitrogen and oxygen atoms in total. The third-order valence-electron chi connectivity index (χ3n) is 2.08. The van der Waals surface area contributed by atoms with Crippen LogP contribution in [0, 0.1) is 0 Å². The Bertz CT molecular complexity index is 173. The molecule has 0 aromatic heterocycles. The minimum absolute atomic E-state index is 0.177. The summed E-state index contributed by atoms with van der Waals surface area (Å²) in [5.74, 6) is -0.177. The Morgan fingerprint density at radius 3 is 2.82 bits per heavy atom. The van der Waals surface area contributed by atoms with Crippen LogP contribution in [0.5, 0.6) is 0 Å². The normalized spacial score (nSPS) is 28.8. The third kappa shape index (κ3) is 1.28. The largest absolute Gasteiger partial charge is 0.468 e. The Morgan fingerprint density at radius 1 is 1.91 bits per heavy atom. The predicted molar refractivity (Wildman–Crippen MR) is 42.2 cm³/mol. The van der Waals surface area contributed by atoms with Crippen LogP contribution < -0.4 is 5.32 Å². The van der Waals surface area contributed by atoms with Crippen LogP contribution in [0.4, 0.5) is 0 Å². The van der Waals surface area contributed by atoms with E-state index in [4.69, 9.17) is 0 Å². The Hall–Kier alpha value is -0.830. The van der Waals surface area contributed by atoms with Gasteiger partial charge in [0.15, 0.2) is 0 Å². The minimum atomic E-state index is -0.448.